The molecule has 0 N–H and O–H groups in total. The van der Waals surface area contributed by atoms with Gasteiger partial charge in [-0.2, -0.15) is 0 Å². The maximum atomic E-state index is 4.42. The summed E-state index contributed by atoms with van der Waals surface area (Å²) < 4.78 is 1.35. The molecule has 0 saturated carbocycles. The van der Waals surface area contributed by atoms with Gasteiger partial charge in [-0.15, -0.1) is 22.7 Å². The Bertz CT molecular complexity index is 341. The van der Waals surface area contributed by atoms with Gasteiger partial charge in [-0.05, 0) is 19.4 Å². The van der Waals surface area contributed by atoms with Crippen molar-refractivity contribution >= 4 is 32.2 Å². The average molecular weight is 183 g/mol. The maximum absolute atomic E-state index is 4.42. The normalized spacial score (nSPS) is 11.1. The smallest absolute Gasteiger partial charge is 0.134 e. The minimum atomic E-state index is 1.13. The zero-order valence-corrected chi connectivity index (χ0v) is 8.18. The Morgan fingerprint density at radius 2 is 2.27 bits per heavy atom. The summed E-state index contributed by atoms with van der Waals surface area (Å²) >= 11 is 3.61. The topological polar surface area (TPSA) is 12.9 Å². The number of rotatable bonds is 1. The molecule has 2 aromatic heterocycles. The summed E-state index contributed by atoms with van der Waals surface area (Å²) in [6, 6.07) is 2.25. The highest BCUT2D eigenvalue weighted by molar-refractivity contribution is 7.27. The Morgan fingerprint density at radius 1 is 1.45 bits per heavy atom. The van der Waals surface area contributed by atoms with E-state index in [1.807, 2.05) is 11.3 Å². The molecule has 3 heteroatoms. The third-order valence-electron chi connectivity index (χ3n) is 1.60. The quantitative estimate of drug-likeness (QED) is 0.661. The molecule has 0 saturated heterocycles. The maximum Gasteiger partial charge on any atom is 0.134 e. The third-order valence-corrected chi connectivity index (χ3v) is 3.82. The molecule has 0 aliphatic rings. The van der Waals surface area contributed by atoms with Crippen LogP contribution in [0.15, 0.2) is 6.07 Å². The monoisotopic (exact) mass is 183 g/mol. The zero-order chi connectivity index (χ0) is 7.84. The number of hydrogen-bond donors (Lipinski definition) is 0. The molecule has 2 aromatic rings. The number of thiazole rings is 1. The molecule has 0 aliphatic carbocycles. The number of hydrogen-bond acceptors (Lipinski definition) is 3. The van der Waals surface area contributed by atoms with E-state index in [1.54, 1.807) is 11.3 Å². The molecular formula is C8H9NS2. The van der Waals surface area contributed by atoms with Crippen molar-refractivity contribution in [3.8, 4) is 0 Å². The molecule has 0 bridgehead atoms. The van der Waals surface area contributed by atoms with E-state index in [0.717, 1.165) is 6.42 Å². The lowest BCUT2D eigenvalue weighted by Crippen LogP contribution is -1.65. The summed E-state index contributed by atoms with van der Waals surface area (Å²) in [6.07, 6.45) is 1.13. The summed E-state index contributed by atoms with van der Waals surface area (Å²) in [6.45, 7) is 4.24. The Hall–Kier alpha value is -0.410. The number of thiophene rings is 1. The summed E-state index contributed by atoms with van der Waals surface area (Å²) in [5.41, 5.74) is 0. The molecule has 11 heavy (non-hydrogen) atoms. The first-order chi connectivity index (χ1) is 5.29. The minimum absolute atomic E-state index is 1.13. The van der Waals surface area contributed by atoms with Crippen molar-refractivity contribution in [3.05, 3.63) is 16.0 Å². The number of fused-ring (bicyclic) bond motifs is 1. The van der Waals surface area contributed by atoms with Gasteiger partial charge in [0.05, 0.1) is 9.71 Å². The van der Waals surface area contributed by atoms with Crippen LogP contribution in [0.25, 0.3) is 9.53 Å². The highest BCUT2D eigenvalue weighted by atomic mass is 32.1. The van der Waals surface area contributed by atoms with Crippen LogP contribution in [0.3, 0.4) is 0 Å². The SMILES string of the molecule is CCc1cc2sc(C)nc2s1. The Morgan fingerprint density at radius 3 is 2.91 bits per heavy atom. The highest BCUT2D eigenvalue weighted by Gasteiger charge is 2.03. The second-order valence-electron chi connectivity index (χ2n) is 2.47. The van der Waals surface area contributed by atoms with E-state index in [0.29, 0.717) is 0 Å². The van der Waals surface area contributed by atoms with Gasteiger partial charge in [0.15, 0.2) is 0 Å². The first kappa shape index (κ1) is 7.25. The molecule has 0 unspecified atom stereocenters. The van der Waals surface area contributed by atoms with Crippen LogP contribution in [0.2, 0.25) is 0 Å². The van der Waals surface area contributed by atoms with Gasteiger partial charge in [-0.3, -0.25) is 0 Å². The molecule has 2 heterocycles. The first-order valence-electron chi connectivity index (χ1n) is 3.65. The summed E-state index contributed by atoms with van der Waals surface area (Å²) in [5, 5.41) is 1.17. The fraction of sp³-hybridized carbons (Fsp3) is 0.375. The second-order valence-corrected chi connectivity index (χ2v) is 4.82. The van der Waals surface area contributed by atoms with Gasteiger partial charge >= 0.3 is 0 Å². The number of nitrogens with zero attached hydrogens (tertiary/aromatic N) is 1. The fourth-order valence-electron chi connectivity index (χ4n) is 1.06. The summed E-state index contributed by atoms with van der Waals surface area (Å²) in [4.78, 5) is 7.07. The average Bonchev–Trinajstić information content (AvgIpc) is 2.43. The van der Waals surface area contributed by atoms with Crippen molar-refractivity contribution in [1.82, 2.24) is 4.98 Å². The van der Waals surface area contributed by atoms with Crippen molar-refractivity contribution in [3.63, 3.8) is 0 Å². The molecular weight excluding hydrogens is 174 g/mol. The fourth-order valence-corrected chi connectivity index (χ4v) is 3.15. The molecule has 2 rings (SSSR count). The van der Waals surface area contributed by atoms with E-state index < -0.39 is 0 Å². The lowest BCUT2D eigenvalue weighted by Gasteiger charge is -1.81. The Labute approximate surface area is 73.7 Å². The summed E-state index contributed by atoms with van der Waals surface area (Å²) in [5.74, 6) is 0. The van der Waals surface area contributed by atoms with Crippen molar-refractivity contribution in [1.29, 1.82) is 0 Å². The van der Waals surface area contributed by atoms with E-state index in [4.69, 9.17) is 0 Å². The standard InChI is InChI=1S/C8H9NS2/c1-3-6-4-7-8(11-6)9-5(2)10-7/h4H,3H2,1-2H3. The molecule has 0 radical (unpaired) electrons. The molecule has 0 atom stereocenters. The first-order valence-corrected chi connectivity index (χ1v) is 5.28. The Kier molecular flexibility index (Phi) is 1.69. The molecule has 0 fully saturated rings. The minimum Gasteiger partial charge on any atom is -0.231 e. The van der Waals surface area contributed by atoms with Crippen molar-refractivity contribution in [2.75, 3.05) is 0 Å². The third kappa shape index (κ3) is 1.19. The number of aromatic nitrogens is 1. The van der Waals surface area contributed by atoms with Crippen molar-refractivity contribution in [2.45, 2.75) is 20.3 Å². The van der Waals surface area contributed by atoms with Crippen LogP contribution in [0.5, 0.6) is 0 Å². The van der Waals surface area contributed by atoms with E-state index in [2.05, 4.69) is 24.9 Å². The van der Waals surface area contributed by atoms with Crippen LogP contribution in [-0.4, -0.2) is 4.98 Å². The number of aryl methyl sites for hydroxylation is 2. The largest absolute Gasteiger partial charge is 0.231 e. The van der Waals surface area contributed by atoms with Crippen LogP contribution >= 0.6 is 22.7 Å². The van der Waals surface area contributed by atoms with Gasteiger partial charge in [-0.25, -0.2) is 4.98 Å². The van der Waals surface area contributed by atoms with Crippen LogP contribution in [0.4, 0.5) is 0 Å². The van der Waals surface area contributed by atoms with Crippen molar-refractivity contribution < 1.29 is 0 Å². The lowest BCUT2D eigenvalue weighted by atomic mass is 10.4. The zero-order valence-electron chi connectivity index (χ0n) is 6.55. The van der Waals surface area contributed by atoms with Crippen LogP contribution in [-0.2, 0) is 6.42 Å². The van der Waals surface area contributed by atoms with E-state index >= 15 is 0 Å². The highest BCUT2D eigenvalue weighted by Crippen LogP contribution is 2.29. The molecule has 58 valence electrons. The van der Waals surface area contributed by atoms with Gasteiger partial charge in [0, 0.05) is 4.88 Å². The van der Waals surface area contributed by atoms with Crippen LogP contribution in [0, 0.1) is 6.92 Å². The van der Waals surface area contributed by atoms with Crippen LogP contribution in [0.1, 0.15) is 16.8 Å². The molecule has 0 spiro atoms. The molecule has 0 aromatic carbocycles. The lowest BCUT2D eigenvalue weighted by molar-refractivity contribution is 1.19. The van der Waals surface area contributed by atoms with Gasteiger partial charge in [0.1, 0.15) is 4.83 Å². The van der Waals surface area contributed by atoms with E-state index in [-0.39, 0.29) is 0 Å². The predicted molar refractivity (Wildman–Crippen MR) is 51.6 cm³/mol. The van der Waals surface area contributed by atoms with Gasteiger partial charge in [-0.1, -0.05) is 6.92 Å². The predicted octanol–water partition coefficient (Wildman–Crippen LogP) is 3.23. The van der Waals surface area contributed by atoms with Crippen LogP contribution < -0.4 is 0 Å². The van der Waals surface area contributed by atoms with E-state index in [1.165, 1.54) is 19.4 Å². The molecule has 0 amide bonds. The van der Waals surface area contributed by atoms with E-state index in [9.17, 15) is 0 Å². The van der Waals surface area contributed by atoms with Crippen molar-refractivity contribution in [2.24, 2.45) is 0 Å². The second kappa shape index (κ2) is 2.57. The summed E-state index contributed by atoms with van der Waals surface area (Å²) in [7, 11) is 0. The molecule has 0 aliphatic heterocycles. The van der Waals surface area contributed by atoms with Gasteiger partial charge < -0.3 is 0 Å². The molecule has 1 nitrogen and oxygen atoms in total. The Balaban J connectivity index is 2.64. The van der Waals surface area contributed by atoms with Gasteiger partial charge in [0.25, 0.3) is 0 Å². The van der Waals surface area contributed by atoms with Gasteiger partial charge in [0.2, 0.25) is 0 Å².